The third-order valence-electron chi connectivity index (χ3n) is 15.3. The first-order chi connectivity index (χ1) is 44.4. The second-order valence-electron chi connectivity index (χ2n) is 29.9. The van der Waals surface area contributed by atoms with Crippen molar-refractivity contribution >= 4 is 94.5 Å². The van der Waals surface area contributed by atoms with Crippen molar-refractivity contribution in [2.75, 3.05) is 6.61 Å². The van der Waals surface area contributed by atoms with Crippen LogP contribution in [0.25, 0.3) is 0 Å². The first-order valence-corrected chi connectivity index (χ1v) is 32.7. The predicted octanol–water partition coefficient (Wildman–Crippen LogP) is -3.57. The number of carbonyl (C=O) groups excluding carboxylic acids is 16. The molecule has 0 aliphatic rings. The van der Waals surface area contributed by atoms with E-state index in [0.717, 1.165) is 0 Å². The fourth-order valence-electron chi connectivity index (χ4n) is 9.07. The van der Waals surface area contributed by atoms with Crippen LogP contribution < -0.4 is 92.1 Å². The fourth-order valence-corrected chi connectivity index (χ4v) is 9.07. The molecule has 0 bridgehead atoms. The molecule has 0 aromatic heterocycles. The normalized spacial score (nSPS) is 14.4. The summed E-state index contributed by atoms with van der Waals surface area (Å²) < 4.78 is 0. The van der Waals surface area contributed by atoms with E-state index < -0.39 is 208 Å². The van der Waals surface area contributed by atoms with E-state index in [1.54, 1.807) is 27.7 Å². The SMILES string of the molecule is CC(C)C[C@@H](CO)NC(=O)[C@H](CCC(N)=O)NC(=O)C(C)(C)NC(=O)[C@H](CC(C)C)NC(=O)[C@H](CCC(N)=O)NC(=O)C(C)(C)NC(=O)C(C)(C)NC(=O)C(C)(C)NC(=O)[C@H](CCC(N)=O)NC(=O)C(C)(C)NC(=O)[C@H](CC(C)C)NC(=O)C(C)(C)NC(=O)C(C)(C)NC(=O)[C@H](C)N. The van der Waals surface area contributed by atoms with Crippen LogP contribution in [0.1, 0.15) is 203 Å². The second-order valence-corrected chi connectivity index (χ2v) is 29.9. The van der Waals surface area contributed by atoms with Gasteiger partial charge in [0.05, 0.1) is 18.7 Å². The minimum atomic E-state index is -1.91. The van der Waals surface area contributed by atoms with Crippen molar-refractivity contribution in [1.82, 2.24) is 69.1 Å². The highest BCUT2D eigenvalue weighted by atomic mass is 16.3. The molecule has 558 valence electrons. The summed E-state index contributed by atoms with van der Waals surface area (Å²) in [5.74, 6) is -14.3. The summed E-state index contributed by atoms with van der Waals surface area (Å²) in [4.78, 5) is 215. The van der Waals surface area contributed by atoms with Gasteiger partial charge in [-0.15, -0.1) is 0 Å². The number of rotatable bonds is 42. The third kappa shape index (κ3) is 30.9. The number of amides is 16. The molecule has 0 aliphatic carbocycles. The van der Waals surface area contributed by atoms with E-state index in [-0.39, 0.29) is 43.4 Å². The van der Waals surface area contributed by atoms with E-state index in [0.29, 0.717) is 6.42 Å². The molecule has 34 heteroatoms. The molecule has 0 saturated heterocycles. The summed E-state index contributed by atoms with van der Waals surface area (Å²) in [5, 5.41) is 43.0. The molecule has 34 nitrogen and oxygen atoms in total. The van der Waals surface area contributed by atoms with Gasteiger partial charge in [-0.25, -0.2) is 0 Å². The Morgan fingerprint density at radius 1 is 0.296 bits per heavy atom. The monoisotopic (exact) mass is 1390 g/mol. The Hall–Kier alpha value is -8.56. The zero-order chi connectivity index (χ0) is 76.8. The van der Waals surface area contributed by atoms with Crippen molar-refractivity contribution in [3.8, 4) is 0 Å². The van der Waals surface area contributed by atoms with E-state index >= 15 is 0 Å². The quantitative estimate of drug-likeness (QED) is 0.0281. The van der Waals surface area contributed by atoms with Crippen molar-refractivity contribution in [1.29, 1.82) is 0 Å². The number of aliphatic hydroxyl groups excluding tert-OH is 1. The molecular formula is C64H115N17O17. The van der Waals surface area contributed by atoms with Crippen LogP contribution in [0, 0.1) is 17.8 Å². The Morgan fingerprint density at radius 3 is 0.796 bits per heavy atom. The van der Waals surface area contributed by atoms with E-state index in [1.807, 2.05) is 13.8 Å². The summed E-state index contributed by atoms with van der Waals surface area (Å²) in [6.45, 7) is 30.1. The molecule has 0 aromatic rings. The van der Waals surface area contributed by atoms with E-state index in [9.17, 15) is 81.8 Å². The summed E-state index contributed by atoms with van der Waals surface area (Å²) in [6.07, 6.45) is -1.83. The highest BCUT2D eigenvalue weighted by Crippen LogP contribution is 2.18. The Morgan fingerprint density at radius 2 is 0.520 bits per heavy atom. The lowest BCUT2D eigenvalue weighted by Gasteiger charge is -2.36. The van der Waals surface area contributed by atoms with Crippen molar-refractivity contribution < 1.29 is 81.8 Å². The number of nitrogens with one attached hydrogen (secondary N) is 13. The molecule has 0 unspecified atom stereocenters. The van der Waals surface area contributed by atoms with Gasteiger partial charge >= 0.3 is 0 Å². The minimum absolute atomic E-state index is 0.0279. The standard InChI is InChI=1S/C64H115N17O17/c1-32(2)28-36(31-82)69-46(87)37(22-25-42(66)83)71-51(92)58(8,9)77-49(90)40(29-33(3)4)70-47(88)38(23-26-43(67)84)72-53(94)60(12,13)80-57(98)64(20,21)81-56(97)63(18,19)76-48(89)39(24-27-44(68)85)73-52(93)59(10,11)78-50(91)41(30-34(5)6)74-54(95)61(14,15)79-55(96)62(16,17)75-45(86)35(7)65/h32-41,82H,22-31,65H2,1-21H3,(H2,66,83)(H2,67,84)(H2,68,85)(H,69,87)(H,70,88)(H,71,92)(H,72,94)(H,73,93)(H,74,95)(H,75,86)(H,76,89)(H,77,90)(H,78,91)(H,79,96)(H,80,98)(H,81,97)/t35-,36-,37-,38-,39-,40-,41-/m0/s1. The maximum atomic E-state index is 14.1. The maximum Gasteiger partial charge on any atom is 0.246 e. The zero-order valence-corrected chi connectivity index (χ0v) is 61.1. The Labute approximate surface area is 575 Å². The molecular weight excluding hydrogens is 1280 g/mol. The van der Waals surface area contributed by atoms with Gasteiger partial charge in [-0.3, -0.25) is 76.7 Å². The molecule has 0 saturated carbocycles. The van der Waals surface area contributed by atoms with Crippen LogP contribution in [0.15, 0.2) is 0 Å². The Kier molecular flexibility index (Phi) is 34.1. The molecule has 0 aliphatic heterocycles. The van der Waals surface area contributed by atoms with E-state index in [2.05, 4.69) is 69.1 Å². The first-order valence-electron chi connectivity index (χ1n) is 32.7. The van der Waals surface area contributed by atoms with Gasteiger partial charge in [0.25, 0.3) is 0 Å². The lowest BCUT2D eigenvalue weighted by atomic mass is 9.95. The highest BCUT2D eigenvalue weighted by Gasteiger charge is 2.45. The summed E-state index contributed by atoms with van der Waals surface area (Å²) in [7, 11) is 0. The Balaban J connectivity index is 6.54. The van der Waals surface area contributed by atoms with E-state index in [1.165, 1.54) is 104 Å². The van der Waals surface area contributed by atoms with Gasteiger partial charge in [0.2, 0.25) is 94.5 Å². The van der Waals surface area contributed by atoms with Crippen molar-refractivity contribution in [3.05, 3.63) is 0 Å². The van der Waals surface area contributed by atoms with Gasteiger partial charge < -0.3 is 97.2 Å². The third-order valence-corrected chi connectivity index (χ3v) is 15.3. The number of hydrogen-bond donors (Lipinski definition) is 18. The number of nitrogens with two attached hydrogens (primary N) is 4. The minimum Gasteiger partial charge on any atom is -0.394 e. The largest absolute Gasteiger partial charge is 0.394 e. The summed E-state index contributed by atoms with van der Waals surface area (Å²) in [6, 6.07) is -8.79. The average molecular weight is 1390 g/mol. The van der Waals surface area contributed by atoms with Gasteiger partial charge in [-0.05, 0) is 160 Å². The molecule has 0 heterocycles. The zero-order valence-electron chi connectivity index (χ0n) is 61.1. The summed E-state index contributed by atoms with van der Waals surface area (Å²) in [5.41, 5.74) is 9.34. The molecule has 0 spiro atoms. The number of carbonyl (C=O) groups is 16. The number of aliphatic hydroxyl groups is 1. The van der Waals surface area contributed by atoms with Crippen LogP contribution in [0.4, 0.5) is 0 Å². The van der Waals surface area contributed by atoms with Crippen LogP contribution >= 0.6 is 0 Å². The van der Waals surface area contributed by atoms with Crippen molar-refractivity contribution in [3.63, 3.8) is 0 Å². The Bertz CT molecular complexity index is 2920. The average Bonchev–Trinajstić information content (AvgIpc) is 0.811. The van der Waals surface area contributed by atoms with Crippen LogP contribution in [0.3, 0.4) is 0 Å². The lowest BCUT2D eigenvalue weighted by Crippen LogP contribution is -2.68. The smallest absolute Gasteiger partial charge is 0.246 e. The van der Waals surface area contributed by atoms with Gasteiger partial charge in [0.1, 0.15) is 69.0 Å². The fraction of sp³-hybridized carbons (Fsp3) is 0.750. The van der Waals surface area contributed by atoms with Crippen LogP contribution in [-0.2, 0) is 76.7 Å². The van der Waals surface area contributed by atoms with Crippen LogP contribution in [0.5, 0.6) is 0 Å². The number of primary amides is 3. The maximum absolute atomic E-state index is 14.1. The van der Waals surface area contributed by atoms with Crippen molar-refractivity contribution in [2.24, 2.45) is 40.7 Å². The van der Waals surface area contributed by atoms with Crippen molar-refractivity contribution in [2.45, 2.75) is 284 Å². The molecule has 0 aromatic carbocycles. The molecule has 7 atom stereocenters. The molecule has 22 N–H and O–H groups in total. The predicted molar refractivity (Wildman–Crippen MR) is 362 cm³/mol. The van der Waals surface area contributed by atoms with Gasteiger partial charge in [-0.2, -0.15) is 0 Å². The topological polar surface area (TPSA) is 554 Å². The number of hydrogen-bond acceptors (Lipinski definition) is 18. The van der Waals surface area contributed by atoms with Gasteiger partial charge in [0.15, 0.2) is 0 Å². The molecule has 16 amide bonds. The summed E-state index contributed by atoms with van der Waals surface area (Å²) >= 11 is 0. The van der Waals surface area contributed by atoms with Crippen LogP contribution in [-0.4, -0.2) is 187 Å². The van der Waals surface area contributed by atoms with Gasteiger partial charge in [0, 0.05) is 19.3 Å². The first kappa shape index (κ1) is 89.4. The molecule has 98 heavy (non-hydrogen) atoms. The lowest BCUT2D eigenvalue weighted by molar-refractivity contribution is -0.141. The van der Waals surface area contributed by atoms with Gasteiger partial charge in [-0.1, -0.05) is 41.5 Å². The van der Waals surface area contributed by atoms with Crippen LogP contribution in [0.2, 0.25) is 0 Å². The molecule has 0 fully saturated rings. The molecule has 0 rings (SSSR count). The highest BCUT2D eigenvalue weighted by molar-refractivity contribution is 6.03. The van der Waals surface area contributed by atoms with E-state index in [4.69, 9.17) is 22.9 Å². The second kappa shape index (κ2) is 37.4. The molecule has 0 radical (unpaired) electrons.